The Hall–Kier alpha value is -2.66. The molecule has 3 rings (SSSR count). The Bertz CT molecular complexity index is 746. The molecule has 5 heteroatoms. The Balaban J connectivity index is 1.59. The summed E-state index contributed by atoms with van der Waals surface area (Å²) < 4.78 is 0. The fraction of sp³-hybridized carbons (Fsp3) is 0.300. The van der Waals surface area contributed by atoms with Crippen LogP contribution in [0.1, 0.15) is 36.0 Å². The van der Waals surface area contributed by atoms with Crippen LogP contribution in [0.25, 0.3) is 0 Å². The van der Waals surface area contributed by atoms with Crippen LogP contribution in [0, 0.1) is 5.92 Å². The molecule has 2 atom stereocenters. The second-order valence-corrected chi connectivity index (χ2v) is 6.51. The number of nitrogens with one attached hydrogen (secondary N) is 2. The van der Waals surface area contributed by atoms with Gasteiger partial charge in [0.05, 0.1) is 0 Å². The van der Waals surface area contributed by atoms with Crippen molar-refractivity contribution in [3.05, 3.63) is 60.2 Å². The van der Waals surface area contributed by atoms with Crippen LogP contribution in [0.3, 0.4) is 0 Å². The summed E-state index contributed by atoms with van der Waals surface area (Å²) in [6.07, 6.45) is 3.56. The second kappa shape index (κ2) is 7.94. The van der Waals surface area contributed by atoms with Crippen LogP contribution in [-0.2, 0) is 4.79 Å². The average molecular weight is 337 g/mol. The quantitative estimate of drug-likeness (QED) is 0.782. The Morgan fingerprint density at radius 1 is 0.960 bits per heavy atom. The van der Waals surface area contributed by atoms with Gasteiger partial charge in [0.25, 0.3) is 5.91 Å². The van der Waals surface area contributed by atoms with Gasteiger partial charge in [-0.15, -0.1) is 0 Å². The molecule has 130 valence electrons. The molecule has 2 aromatic rings. The highest BCUT2D eigenvalue weighted by molar-refractivity contribution is 6.04. The van der Waals surface area contributed by atoms with Gasteiger partial charge in [-0.05, 0) is 49.1 Å². The summed E-state index contributed by atoms with van der Waals surface area (Å²) in [5.41, 5.74) is 7.93. The Kier molecular flexibility index (Phi) is 5.46. The van der Waals surface area contributed by atoms with Crippen molar-refractivity contribution in [3.63, 3.8) is 0 Å². The standard InChI is InChI=1S/C20H23N3O2/c21-18-11-4-8-15(18)12-19(24)22-16-9-5-10-17(13-16)23-20(25)14-6-2-1-3-7-14/h1-3,5-7,9-10,13,15,18H,4,8,11-12,21H2,(H,22,24)(H,23,25)/t15-,18+/m0/s1. The Morgan fingerprint density at radius 2 is 1.68 bits per heavy atom. The predicted octanol–water partition coefficient (Wildman–Crippen LogP) is 3.39. The number of carbonyl (C=O) groups is 2. The van der Waals surface area contributed by atoms with Gasteiger partial charge in [-0.25, -0.2) is 0 Å². The summed E-state index contributed by atoms with van der Waals surface area (Å²) >= 11 is 0. The monoisotopic (exact) mass is 337 g/mol. The number of amides is 2. The van der Waals surface area contributed by atoms with Gasteiger partial charge in [0.1, 0.15) is 0 Å². The minimum Gasteiger partial charge on any atom is -0.327 e. The molecule has 4 N–H and O–H groups in total. The third kappa shape index (κ3) is 4.67. The van der Waals surface area contributed by atoms with Crippen LogP contribution in [0.2, 0.25) is 0 Å². The molecular weight excluding hydrogens is 314 g/mol. The minimum absolute atomic E-state index is 0.0334. The molecule has 2 amide bonds. The van der Waals surface area contributed by atoms with E-state index in [1.807, 2.05) is 24.3 Å². The number of rotatable bonds is 5. The van der Waals surface area contributed by atoms with Crippen molar-refractivity contribution in [2.24, 2.45) is 11.7 Å². The number of anilines is 2. The number of nitrogens with two attached hydrogens (primary N) is 1. The van der Waals surface area contributed by atoms with E-state index in [0.29, 0.717) is 23.4 Å². The van der Waals surface area contributed by atoms with Crippen molar-refractivity contribution in [3.8, 4) is 0 Å². The van der Waals surface area contributed by atoms with Crippen LogP contribution >= 0.6 is 0 Å². The largest absolute Gasteiger partial charge is 0.327 e. The first kappa shape index (κ1) is 17.2. The summed E-state index contributed by atoms with van der Waals surface area (Å²) in [6, 6.07) is 16.3. The summed E-state index contributed by atoms with van der Waals surface area (Å²) in [7, 11) is 0. The zero-order chi connectivity index (χ0) is 17.6. The fourth-order valence-electron chi connectivity index (χ4n) is 3.24. The van der Waals surface area contributed by atoms with Crippen molar-refractivity contribution in [2.75, 3.05) is 10.6 Å². The van der Waals surface area contributed by atoms with Crippen LogP contribution in [-0.4, -0.2) is 17.9 Å². The van der Waals surface area contributed by atoms with E-state index in [0.717, 1.165) is 19.3 Å². The molecule has 5 nitrogen and oxygen atoms in total. The highest BCUT2D eigenvalue weighted by atomic mass is 16.2. The molecule has 1 saturated carbocycles. The minimum atomic E-state index is -0.180. The molecule has 25 heavy (non-hydrogen) atoms. The van der Waals surface area contributed by atoms with Crippen LogP contribution in [0.4, 0.5) is 11.4 Å². The maximum absolute atomic E-state index is 12.2. The lowest BCUT2D eigenvalue weighted by Gasteiger charge is -2.15. The maximum atomic E-state index is 12.2. The van der Waals surface area contributed by atoms with Gasteiger partial charge in [0, 0.05) is 29.4 Å². The van der Waals surface area contributed by atoms with E-state index in [2.05, 4.69) is 10.6 Å². The van der Waals surface area contributed by atoms with E-state index in [1.165, 1.54) is 0 Å². The molecule has 1 fully saturated rings. The Labute approximate surface area is 147 Å². The molecule has 2 aromatic carbocycles. The molecule has 1 aliphatic rings. The predicted molar refractivity (Wildman–Crippen MR) is 99.4 cm³/mol. The topological polar surface area (TPSA) is 84.2 Å². The van der Waals surface area contributed by atoms with E-state index in [-0.39, 0.29) is 23.8 Å². The molecule has 0 bridgehead atoms. The molecule has 0 spiro atoms. The first-order chi connectivity index (χ1) is 12.1. The maximum Gasteiger partial charge on any atom is 0.255 e. The second-order valence-electron chi connectivity index (χ2n) is 6.51. The smallest absolute Gasteiger partial charge is 0.255 e. The van der Waals surface area contributed by atoms with E-state index in [4.69, 9.17) is 5.73 Å². The lowest BCUT2D eigenvalue weighted by atomic mass is 10.00. The van der Waals surface area contributed by atoms with Gasteiger partial charge < -0.3 is 16.4 Å². The van der Waals surface area contributed by atoms with Gasteiger partial charge in [-0.2, -0.15) is 0 Å². The summed E-state index contributed by atoms with van der Waals surface area (Å²) in [6.45, 7) is 0. The van der Waals surface area contributed by atoms with Gasteiger partial charge in [0.15, 0.2) is 0 Å². The van der Waals surface area contributed by atoms with Gasteiger partial charge >= 0.3 is 0 Å². The molecule has 1 aliphatic carbocycles. The van der Waals surface area contributed by atoms with Crippen LogP contribution in [0.15, 0.2) is 54.6 Å². The van der Waals surface area contributed by atoms with E-state index in [9.17, 15) is 9.59 Å². The first-order valence-electron chi connectivity index (χ1n) is 8.64. The molecular formula is C20H23N3O2. The zero-order valence-electron chi connectivity index (χ0n) is 14.1. The van der Waals surface area contributed by atoms with Crippen molar-refractivity contribution >= 4 is 23.2 Å². The van der Waals surface area contributed by atoms with Crippen LogP contribution < -0.4 is 16.4 Å². The van der Waals surface area contributed by atoms with Gasteiger partial charge in [-0.3, -0.25) is 9.59 Å². The summed E-state index contributed by atoms with van der Waals surface area (Å²) in [5.74, 6) is 0.0517. The first-order valence-corrected chi connectivity index (χ1v) is 8.64. The van der Waals surface area contributed by atoms with Gasteiger partial charge in [0.2, 0.25) is 5.91 Å². The van der Waals surface area contributed by atoms with E-state index in [1.54, 1.807) is 30.3 Å². The van der Waals surface area contributed by atoms with Gasteiger partial charge in [-0.1, -0.05) is 30.7 Å². The van der Waals surface area contributed by atoms with Crippen molar-refractivity contribution in [2.45, 2.75) is 31.7 Å². The number of carbonyl (C=O) groups excluding carboxylic acids is 2. The normalized spacial score (nSPS) is 19.4. The Morgan fingerprint density at radius 3 is 2.36 bits per heavy atom. The number of benzene rings is 2. The fourth-order valence-corrected chi connectivity index (χ4v) is 3.24. The third-order valence-electron chi connectivity index (χ3n) is 4.61. The highest BCUT2D eigenvalue weighted by Crippen LogP contribution is 2.27. The molecule has 0 unspecified atom stereocenters. The van der Waals surface area contributed by atoms with Crippen LogP contribution in [0.5, 0.6) is 0 Å². The molecule has 0 saturated heterocycles. The lowest BCUT2D eigenvalue weighted by Crippen LogP contribution is -2.28. The number of hydrogen-bond donors (Lipinski definition) is 3. The van der Waals surface area contributed by atoms with Crippen molar-refractivity contribution in [1.29, 1.82) is 0 Å². The molecule has 0 aliphatic heterocycles. The van der Waals surface area contributed by atoms with E-state index < -0.39 is 0 Å². The SMILES string of the molecule is N[C@@H]1CCC[C@H]1CC(=O)Nc1cccc(NC(=O)c2ccccc2)c1. The van der Waals surface area contributed by atoms with E-state index >= 15 is 0 Å². The van der Waals surface area contributed by atoms with Crippen molar-refractivity contribution < 1.29 is 9.59 Å². The molecule has 0 heterocycles. The third-order valence-corrected chi connectivity index (χ3v) is 4.61. The molecule has 0 aromatic heterocycles. The lowest BCUT2D eigenvalue weighted by molar-refractivity contribution is -0.117. The zero-order valence-corrected chi connectivity index (χ0v) is 14.1. The summed E-state index contributed by atoms with van der Waals surface area (Å²) in [4.78, 5) is 24.4. The molecule has 0 radical (unpaired) electrons. The van der Waals surface area contributed by atoms with Crippen molar-refractivity contribution in [1.82, 2.24) is 0 Å². The number of hydrogen-bond acceptors (Lipinski definition) is 3. The average Bonchev–Trinajstić information content (AvgIpc) is 3.00. The summed E-state index contributed by atoms with van der Waals surface area (Å²) in [5, 5.41) is 5.74. The highest BCUT2D eigenvalue weighted by Gasteiger charge is 2.26.